The van der Waals surface area contributed by atoms with Crippen LogP contribution in [0.1, 0.15) is 29.5 Å². The van der Waals surface area contributed by atoms with Gasteiger partial charge in [0.2, 0.25) is 5.76 Å². The molecule has 1 saturated heterocycles. The summed E-state index contributed by atoms with van der Waals surface area (Å²) in [6, 6.07) is 7.14. The lowest BCUT2D eigenvalue weighted by Crippen LogP contribution is -2.26. The Kier molecular flexibility index (Phi) is 5.82. The number of ether oxygens (including phenoxy) is 2. The van der Waals surface area contributed by atoms with E-state index in [0.29, 0.717) is 29.6 Å². The van der Waals surface area contributed by atoms with Gasteiger partial charge in [-0.1, -0.05) is 30.0 Å². The quantitative estimate of drug-likeness (QED) is 0.685. The van der Waals surface area contributed by atoms with Crippen LogP contribution < -0.4 is 0 Å². The zero-order chi connectivity index (χ0) is 18.5. The molecule has 3 rings (SSSR count). The summed E-state index contributed by atoms with van der Waals surface area (Å²) in [7, 11) is 0. The Morgan fingerprint density at radius 1 is 1.27 bits per heavy atom. The molecule has 1 aliphatic heterocycles. The van der Waals surface area contributed by atoms with Gasteiger partial charge in [-0.2, -0.15) is 0 Å². The maximum atomic E-state index is 12.1. The van der Waals surface area contributed by atoms with Crippen LogP contribution in [0.25, 0.3) is 11.0 Å². The van der Waals surface area contributed by atoms with Crippen LogP contribution in [-0.4, -0.2) is 47.5 Å². The summed E-state index contributed by atoms with van der Waals surface area (Å²) >= 11 is 1.25. The van der Waals surface area contributed by atoms with Gasteiger partial charge in [0.15, 0.2) is 0 Å². The number of furan rings is 1. The van der Waals surface area contributed by atoms with Crippen LogP contribution in [0.2, 0.25) is 0 Å². The minimum atomic E-state index is -0.588. The van der Waals surface area contributed by atoms with Crippen LogP contribution in [-0.2, 0) is 20.9 Å². The van der Waals surface area contributed by atoms with Gasteiger partial charge in [-0.3, -0.25) is 9.59 Å². The Hall–Kier alpha value is -2.48. The van der Waals surface area contributed by atoms with E-state index in [-0.39, 0.29) is 30.6 Å². The first-order chi connectivity index (χ1) is 12.6. The normalized spacial score (nSPS) is 14.0. The first-order valence-electron chi connectivity index (χ1n) is 8.35. The second-order valence-corrected chi connectivity index (χ2v) is 6.68. The molecule has 1 aromatic heterocycles. The van der Waals surface area contributed by atoms with Crippen LogP contribution in [0, 0.1) is 0 Å². The molecular weight excluding hydrogens is 358 g/mol. The highest BCUT2D eigenvalue weighted by Gasteiger charge is 2.24. The van der Waals surface area contributed by atoms with Crippen LogP contribution in [0.15, 0.2) is 28.7 Å². The van der Waals surface area contributed by atoms with E-state index in [4.69, 9.17) is 13.9 Å². The number of hydrogen-bond acceptors (Lipinski definition) is 7. The van der Waals surface area contributed by atoms with Crippen molar-refractivity contribution in [2.24, 2.45) is 0 Å². The third-order valence-corrected chi connectivity index (χ3v) is 4.86. The topological polar surface area (TPSA) is 86.1 Å². The fraction of sp³-hybridized carbons (Fsp3) is 0.389. The molecule has 2 heterocycles. The zero-order valence-corrected chi connectivity index (χ0v) is 15.2. The van der Waals surface area contributed by atoms with E-state index in [1.54, 1.807) is 30.0 Å². The molecule has 26 heavy (non-hydrogen) atoms. The van der Waals surface area contributed by atoms with Crippen LogP contribution in [0.3, 0.4) is 0 Å². The summed E-state index contributed by atoms with van der Waals surface area (Å²) < 4.78 is 15.9. The van der Waals surface area contributed by atoms with Crippen molar-refractivity contribution in [3.05, 3.63) is 35.6 Å². The number of rotatable bonds is 7. The summed E-state index contributed by atoms with van der Waals surface area (Å²) in [5, 5.41) is 0.692. The molecule has 138 valence electrons. The van der Waals surface area contributed by atoms with E-state index in [2.05, 4.69) is 0 Å². The largest absolute Gasteiger partial charge is 0.461 e. The van der Waals surface area contributed by atoms with Crippen molar-refractivity contribution in [2.75, 3.05) is 25.4 Å². The fourth-order valence-corrected chi connectivity index (χ4v) is 3.53. The number of benzene rings is 1. The number of esters is 2. The highest BCUT2D eigenvalue weighted by atomic mass is 32.2. The van der Waals surface area contributed by atoms with Crippen LogP contribution in [0.5, 0.6) is 0 Å². The minimum Gasteiger partial charge on any atom is -0.461 e. The monoisotopic (exact) mass is 377 g/mol. The number of hydrogen-bond donors (Lipinski definition) is 0. The minimum absolute atomic E-state index is 0.0109. The van der Waals surface area contributed by atoms with Gasteiger partial charge in [0, 0.05) is 24.2 Å². The smallest absolute Gasteiger partial charge is 0.374 e. The second-order valence-electron chi connectivity index (χ2n) is 5.64. The number of carbonyl (C=O) groups is 3. The Labute approximate surface area is 154 Å². The molecular formula is C18H19NO6S. The Morgan fingerprint density at radius 2 is 2.08 bits per heavy atom. The van der Waals surface area contributed by atoms with Gasteiger partial charge < -0.3 is 18.8 Å². The molecule has 2 aromatic rings. The molecule has 0 saturated carbocycles. The maximum Gasteiger partial charge on any atom is 0.374 e. The Balaban J connectivity index is 1.67. The van der Waals surface area contributed by atoms with Crippen molar-refractivity contribution >= 4 is 39.9 Å². The fourth-order valence-electron chi connectivity index (χ4n) is 2.68. The summed E-state index contributed by atoms with van der Waals surface area (Å²) in [6.07, 6.45) is 0.108. The van der Waals surface area contributed by atoms with E-state index in [1.165, 1.54) is 11.8 Å². The molecule has 1 aliphatic rings. The third-order valence-electron chi connectivity index (χ3n) is 3.97. The summed E-state index contributed by atoms with van der Waals surface area (Å²) in [5.74, 6) is -0.228. The van der Waals surface area contributed by atoms with E-state index in [0.717, 1.165) is 5.75 Å². The van der Waals surface area contributed by atoms with Crippen LogP contribution >= 0.6 is 11.8 Å². The van der Waals surface area contributed by atoms with Gasteiger partial charge >= 0.3 is 11.9 Å². The molecule has 0 radical (unpaired) electrons. The zero-order valence-electron chi connectivity index (χ0n) is 14.4. The Morgan fingerprint density at radius 3 is 2.81 bits per heavy atom. The highest BCUT2D eigenvalue weighted by Crippen LogP contribution is 2.27. The van der Waals surface area contributed by atoms with Gasteiger partial charge in [0.1, 0.15) is 12.2 Å². The predicted molar refractivity (Wildman–Crippen MR) is 96.0 cm³/mol. The van der Waals surface area contributed by atoms with Crippen molar-refractivity contribution in [1.82, 2.24) is 4.90 Å². The Bertz CT molecular complexity index is 830. The van der Waals surface area contributed by atoms with Crippen molar-refractivity contribution in [3.8, 4) is 0 Å². The van der Waals surface area contributed by atoms with Gasteiger partial charge in [-0.25, -0.2) is 4.79 Å². The number of fused-ring (bicyclic) bond motifs is 1. The van der Waals surface area contributed by atoms with Gasteiger partial charge in [-0.15, -0.1) is 0 Å². The molecule has 8 heteroatoms. The molecule has 0 bridgehead atoms. The van der Waals surface area contributed by atoms with Gasteiger partial charge in [0.25, 0.3) is 5.24 Å². The van der Waals surface area contributed by atoms with Crippen molar-refractivity contribution < 1.29 is 28.3 Å². The van der Waals surface area contributed by atoms with E-state index in [1.807, 2.05) is 6.07 Å². The lowest BCUT2D eigenvalue weighted by Gasteiger charge is -2.13. The summed E-state index contributed by atoms with van der Waals surface area (Å²) in [4.78, 5) is 37.3. The molecule has 1 aromatic carbocycles. The molecule has 0 aliphatic carbocycles. The molecule has 7 nitrogen and oxygen atoms in total. The number of thioether (sulfide) groups is 1. The summed E-state index contributed by atoms with van der Waals surface area (Å²) in [5.41, 5.74) is 1.02. The lowest BCUT2D eigenvalue weighted by atomic mass is 10.1. The first kappa shape index (κ1) is 18.3. The number of carbonyl (C=O) groups excluding carboxylic acids is 3. The van der Waals surface area contributed by atoms with Crippen LogP contribution in [0.4, 0.5) is 4.79 Å². The van der Waals surface area contributed by atoms with Crippen molar-refractivity contribution in [3.63, 3.8) is 0 Å². The second kappa shape index (κ2) is 8.27. The van der Waals surface area contributed by atoms with Crippen molar-refractivity contribution in [2.45, 2.75) is 20.0 Å². The third kappa shape index (κ3) is 4.01. The van der Waals surface area contributed by atoms with E-state index in [9.17, 15) is 14.4 Å². The number of amides is 1. The van der Waals surface area contributed by atoms with Crippen molar-refractivity contribution in [1.29, 1.82) is 0 Å². The van der Waals surface area contributed by atoms with Gasteiger partial charge in [-0.05, 0) is 13.0 Å². The molecule has 0 atom stereocenters. The van der Waals surface area contributed by atoms with Gasteiger partial charge in [0.05, 0.1) is 18.6 Å². The first-order valence-corrected chi connectivity index (χ1v) is 9.33. The predicted octanol–water partition coefficient (Wildman–Crippen LogP) is 3.21. The molecule has 1 amide bonds. The SMILES string of the molecule is CCOC(=O)c1oc2ccccc2c1COC(=O)CCN1CCSC1=O. The maximum absolute atomic E-state index is 12.1. The number of nitrogens with zero attached hydrogens (tertiary/aromatic N) is 1. The molecule has 0 spiro atoms. The molecule has 0 N–H and O–H groups in total. The summed E-state index contributed by atoms with van der Waals surface area (Å²) in [6.45, 7) is 2.82. The molecule has 0 unspecified atom stereocenters. The average Bonchev–Trinajstić information content (AvgIpc) is 3.21. The lowest BCUT2D eigenvalue weighted by molar-refractivity contribution is -0.145. The molecule has 1 fully saturated rings. The van der Waals surface area contributed by atoms with E-state index < -0.39 is 11.9 Å². The standard InChI is InChI=1S/C18H19NO6S/c1-2-23-17(21)16-13(12-5-3-4-6-14(12)25-16)11-24-15(20)7-8-19-9-10-26-18(19)22/h3-6H,2,7-11H2,1H3. The highest BCUT2D eigenvalue weighted by molar-refractivity contribution is 8.13. The average molecular weight is 377 g/mol. The number of para-hydroxylation sites is 1. The van der Waals surface area contributed by atoms with E-state index >= 15 is 0 Å².